The molecule has 0 radical (unpaired) electrons. The van der Waals surface area contributed by atoms with Crippen LogP contribution in [-0.4, -0.2) is 44.7 Å². The second kappa shape index (κ2) is 13.1. The molecule has 11 nitrogen and oxygen atoms in total. The molecule has 0 unspecified atom stereocenters. The average molecular weight is 702 g/mol. The molecule has 0 atom stereocenters. The molecule has 7 aromatic rings. The van der Waals surface area contributed by atoms with Gasteiger partial charge in [0.1, 0.15) is 34.5 Å². The van der Waals surface area contributed by atoms with E-state index < -0.39 is 21.7 Å². The number of benzene rings is 4. The number of sulfonamides is 1. The van der Waals surface area contributed by atoms with Gasteiger partial charge in [0.2, 0.25) is 15.9 Å². The van der Waals surface area contributed by atoms with Crippen LogP contribution >= 0.6 is 0 Å². The van der Waals surface area contributed by atoms with Crippen LogP contribution in [0.3, 0.4) is 0 Å². The van der Waals surface area contributed by atoms with Gasteiger partial charge in [-0.15, -0.1) is 0 Å². The molecular weight excluding hydrogens is 674 g/mol. The predicted octanol–water partition coefficient (Wildman–Crippen LogP) is 7.32. The highest BCUT2D eigenvalue weighted by Crippen LogP contribution is 2.44. The van der Waals surface area contributed by atoms with Crippen LogP contribution in [0, 0.1) is 17.1 Å². The molecule has 3 heterocycles. The van der Waals surface area contributed by atoms with Crippen molar-refractivity contribution >= 4 is 43.7 Å². The predicted molar refractivity (Wildman–Crippen MR) is 190 cm³/mol. The van der Waals surface area contributed by atoms with Gasteiger partial charge in [0, 0.05) is 42.0 Å². The van der Waals surface area contributed by atoms with Crippen molar-refractivity contribution < 1.29 is 31.2 Å². The van der Waals surface area contributed by atoms with Gasteiger partial charge >= 0.3 is 0 Å². The lowest BCUT2D eigenvalue weighted by atomic mass is 9.96. The molecule has 0 saturated carbocycles. The summed E-state index contributed by atoms with van der Waals surface area (Å²) in [5, 5.41) is 12.7. The van der Waals surface area contributed by atoms with Crippen LogP contribution in [0.1, 0.15) is 21.5 Å². The van der Waals surface area contributed by atoms with Gasteiger partial charge in [0.05, 0.1) is 42.3 Å². The largest absolute Gasteiger partial charge is 0.496 e. The van der Waals surface area contributed by atoms with Gasteiger partial charge < -0.3 is 18.9 Å². The summed E-state index contributed by atoms with van der Waals surface area (Å²) in [6, 6.07) is 24.6. The minimum absolute atomic E-state index is 0.0654. The third-order valence-corrected chi connectivity index (χ3v) is 9.49. The number of furan rings is 1. The molecule has 1 amide bonds. The van der Waals surface area contributed by atoms with Crippen LogP contribution in [0.5, 0.6) is 5.75 Å². The van der Waals surface area contributed by atoms with E-state index >= 15 is 0 Å². The molecule has 0 bridgehead atoms. The first-order valence-electron chi connectivity index (χ1n) is 15.5. The Labute approximate surface area is 291 Å². The standard InChI is InChI=1S/C38H28FN5O6S/c1-41-37(45)34-28-17-27(24-11-14-31(48-2)29(16-24)38-43-35-25(19-40)7-4-8-32(35)50-38)30(44(51(3,46)47)21-22-6-5-15-42-20-22)18-33(28)49-36(34)23-9-12-26(39)13-10-23/h4-18,20H,21H2,1-3H3,(H,41,45). The smallest absolute Gasteiger partial charge is 0.255 e. The number of anilines is 1. The number of fused-ring (bicyclic) bond motifs is 2. The van der Waals surface area contributed by atoms with E-state index in [1.54, 1.807) is 73.1 Å². The number of oxazole rings is 1. The molecule has 7 rings (SSSR count). The van der Waals surface area contributed by atoms with Crippen molar-refractivity contribution in [1.29, 1.82) is 5.26 Å². The SMILES string of the molecule is CNC(=O)c1c(-c2ccc(F)cc2)oc2cc(N(Cc3cccnc3)S(C)(=O)=O)c(-c3ccc(OC)c(-c4nc5c(C#N)cccc5o4)c3)cc12. The van der Waals surface area contributed by atoms with Gasteiger partial charge in [0.15, 0.2) is 5.58 Å². The average Bonchev–Trinajstić information content (AvgIpc) is 3.75. The zero-order valence-corrected chi connectivity index (χ0v) is 28.3. The summed E-state index contributed by atoms with van der Waals surface area (Å²) >= 11 is 0. The third-order valence-electron chi connectivity index (χ3n) is 8.37. The van der Waals surface area contributed by atoms with Crippen LogP contribution in [0.25, 0.3) is 56.0 Å². The Kier molecular flexibility index (Phi) is 8.46. The summed E-state index contributed by atoms with van der Waals surface area (Å²) in [7, 11) is -0.959. The number of nitrogens with one attached hydrogen (secondary N) is 1. The number of hydrogen-bond donors (Lipinski definition) is 1. The summed E-state index contributed by atoms with van der Waals surface area (Å²) in [6.45, 7) is -0.0654. The van der Waals surface area contributed by atoms with E-state index in [9.17, 15) is 22.9 Å². The summed E-state index contributed by atoms with van der Waals surface area (Å²) in [5.41, 5.74) is 4.23. The molecule has 13 heteroatoms. The molecular formula is C38H28FN5O6S. The van der Waals surface area contributed by atoms with Gasteiger partial charge in [-0.25, -0.2) is 17.8 Å². The van der Waals surface area contributed by atoms with Crippen LogP contribution in [-0.2, 0) is 16.6 Å². The number of amides is 1. The van der Waals surface area contributed by atoms with E-state index in [1.807, 2.05) is 0 Å². The zero-order chi connectivity index (χ0) is 35.9. The van der Waals surface area contributed by atoms with Crippen molar-refractivity contribution in [2.45, 2.75) is 6.54 Å². The number of ether oxygens (including phenoxy) is 1. The lowest BCUT2D eigenvalue weighted by Gasteiger charge is -2.25. The molecule has 1 N–H and O–H groups in total. The van der Waals surface area contributed by atoms with E-state index in [0.29, 0.717) is 55.6 Å². The fraction of sp³-hybridized carbons (Fsp3) is 0.105. The quantitative estimate of drug-likeness (QED) is 0.163. The number of pyridine rings is 1. The lowest BCUT2D eigenvalue weighted by molar-refractivity contribution is 0.0964. The number of carbonyl (C=O) groups is 1. The second-order valence-electron chi connectivity index (χ2n) is 11.6. The summed E-state index contributed by atoms with van der Waals surface area (Å²) < 4.78 is 60.4. The molecule has 0 aliphatic carbocycles. The highest BCUT2D eigenvalue weighted by atomic mass is 32.2. The van der Waals surface area contributed by atoms with E-state index in [4.69, 9.17) is 13.6 Å². The molecule has 0 aliphatic heterocycles. The Morgan fingerprint density at radius 3 is 2.45 bits per heavy atom. The number of methoxy groups -OCH3 is 1. The molecule has 0 fully saturated rings. The van der Waals surface area contributed by atoms with Crippen LogP contribution in [0.2, 0.25) is 0 Å². The van der Waals surface area contributed by atoms with Crippen LogP contribution in [0.4, 0.5) is 10.1 Å². The molecule has 0 spiro atoms. The zero-order valence-electron chi connectivity index (χ0n) is 27.5. The fourth-order valence-electron chi connectivity index (χ4n) is 5.96. The number of halogens is 1. The summed E-state index contributed by atoms with van der Waals surface area (Å²) in [4.78, 5) is 22.2. The molecule has 0 saturated heterocycles. The van der Waals surface area contributed by atoms with Crippen LogP contribution < -0.4 is 14.4 Å². The normalized spacial score (nSPS) is 11.4. The maximum Gasteiger partial charge on any atom is 0.255 e. The number of nitrogens with zero attached hydrogens (tertiary/aromatic N) is 4. The monoisotopic (exact) mass is 701 g/mol. The van der Waals surface area contributed by atoms with Gasteiger partial charge in [-0.2, -0.15) is 5.26 Å². The van der Waals surface area contributed by atoms with E-state index in [1.165, 1.54) is 42.7 Å². The van der Waals surface area contributed by atoms with Gasteiger partial charge in [0.25, 0.3) is 5.91 Å². The molecule has 254 valence electrons. The summed E-state index contributed by atoms with van der Waals surface area (Å²) in [6.07, 6.45) is 4.27. The fourth-order valence-corrected chi connectivity index (χ4v) is 6.85. The van der Waals surface area contributed by atoms with Crippen molar-refractivity contribution in [1.82, 2.24) is 15.3 Å². The van der Waals surface area contributed by atoms with Crippen LogP contribution in [0.15, 0.2) is 106 Å². The Balaban J connectivity index is 1.52. The number of rotatable bonds is 9. The second-order valence-corrected chi connectivity index (χ2v) is 13.5. The van der Waals surface area contributed by atoms with Crippen molar-refractivity contribution in [3.05, 3.63) is 120 Å². The first kappa shape index (κ1) is 33.0. The topological polar surface area (TPSA) is 152 Å². The highest BCUT2D eigenvalue weighted by Gasteiger charge is 2.28. The number of aromatic nitrogens is 2. The summed E-state index contributed by atoms with van der Waals surface area (Å²) in [5.74, 6) is -0.150. The van der Waals surface area contributed by atoms with Crippen molar-refractivity contribution in [3.8, 4) is 45.7 Å². The maximum atomic E-state index is 13.9. The van der Waals surface area contributed by atoms with Gasteiger partial charge in [-0.3, -0.25) is 14.1 Å². The Bertz CT molecular complexity index is 2610. The highest BCUT2D eigenvalue weighted by molar-refractivity contribution is 7.92. The number of carbonyl (C=O) groups excluding carboxylic acids is 1. The molecule has 0 aliphatic rings. The van der Waals surface area contributed by atoms with E-state index in [0.717, 1.165) is 6.26 Å². The molecule has 51 heavy (non-hydrogen) atoms. The van der Waals surface area contributed by atoms with Crippen molar-refractivity contribution in [3.63, 3.8) is 0 Å². The van der Waals surface area contributed by atoms with Crippen molar-refractivity contribution in [2.24, 2.45) is 0 Å². The Morgan fingerprint density at radius 1 is 0.980 bits per heavy atom. The third kappa shape index (κ3) is 6.13. The Morgan fingerprint density at radius 2 is 1.76 bits per heavy atom. The lowest BCUT2D eigenvalue weighted by Crippen LogP contribution is -2.29. The van der Waals surface area contributed by atoms with Gasteiger partial charge in [-0.1, -0.05) is 18.2 Å². The molecule has 3 aromatic heterocycles. The number of nitriles is 1. The maximum absolute atomic E-state index is 13.9. The first-order chi connectivity index (χ1) is 24.6. The first-order valence-corrected chi connectivity index (χ1v) is 17.4. The van der Waals surface area contributed by atoms with E-state index in [-0.39, 0.29) is 35.0 Å². The minimum atomic E-state index is -3.94. The van der Waals surface area contributed by atoms with Gasteiger partial charge in [-0.05, 0) is 71.8 Å². The Hall–Kier alpha value is -6.52. The minimum Gasteiger partial charge on any atom is -0.496 e. The van der Waals surface area contributed by atoms with E-state index in [2.05, 4.69) is 21.4 Å². The van der Waals surface area contributed by atoms with Crippen molar-refractivity contribution in [2.75, 3.05) is 24.7 Å². The molecule has 4 aromatic carbocycles. The number of para-hydroxylation sites is 1. The number of hydrogen-bond acceptors (Lipinski definition) is 9.